The summed E-state index contributed by atoms with van der Waals surface area (Å²) < 4.78 is 27.5. The molecule has 1 saturated carbocycles. The Morgan fingerprint density at radius 1 is 1.06 bits per heavy atom. The van der Waals surface area contributed by atoms with Crippen molar-refractivity contribution in [3.63, 3.8) is 0 Å². The van der Waals surface area contributed by atoms with Crippen LogP contribution in [-0.2, 0) is 17.1 Å². The number of alkyl halides is 2. The van der Waals surface area contributed by atoms with Gasteiger partial charge in [-0.3, -0.25) is 9.69 Å². The normalized spacial score (nSPS) is 19.9. The summed E-state index contributed by atoms with van der Waals surface area (Å²) >= 11 is 13.8. The molecule has 1 amide bonds. The van der Waals surface area contributed by atoms with E-state index in [0.717, 1.165) is 32.1 Å². The molecule has 8 nitrogen and oxygen atoms in total. The zero-order valence-electron chi connectivity index (χ0n) is 19.0. The predicted octanol–water partition coefficient (Wildman–Crippen LogP) is 3.41. The number of carbonyl (C=O) groups excluding carboxylic acids is 1. The van der Waals surface area contributed by atoms with Crippen LogP contribution in [0.5, 0.6) is 0 Å². The van der Waals surface area contributed by atoms with E-state index in [1.54, 1.807) is 35.9 Å². The van der Waals surface area contributed by atoms with Gasteiger partial charge in [0.1, 0.15) is 0 Å². The number of aromatic nitrogens is 2. The second-order valence-electron chi connectivity index (χ2n) is 8.76. The van der Waals surface area contributed by atoms with Gasteiger partial charge in [-0.1, -0.05) is 60.7 Å². The third kappa shape index (κ3) is 5.24. The summed E-state index contributed by atoms with van der Waals surface area (Å²) in [6.45, 7) is 1.54. The lowest BCUT2D eigenvalue weighted by Gasteiger charge is -2.54. The molecule has 1 aliphatic heterocycles. The van der Waals surface area contributed by atoms with E-state index in [1.165, 1.54) is 16.8 Å². The Bertz CT molecular complexity index is 1080. The number of halogens is 3. The van der Waals surface area contributed by atoms with Gasteiger partial charge in [-0.05, 0) is 25.0 Å². The van der Waals surface area contributed by atoms with E-state index in [4.69, 9.17) is 23.2 Å². The number of piperazine rings is 1. The van der Waals surface area contributed by atoms with Crippen LogP contribution in [0.2, 0.25) is 0 Å². The molecule has 1 saturated heterocycles. The second kappa shape index (κ2) is 10.7. The number of amides is 1. The van der Waals surface area contributed by atoms with Gasteiger partial charge >= 0.3 is 0 Å². The fourth-order valence-electron chi connectivity index (χ4n) is 4.90. The Hall–Kier alpha value is -1.36. The number of rotatable bonds is 6. The molecule has 2 heterocycles. The van der Waals surface area contributed by atoms with E-state index in [1.807, 2.05) is 6.07 Å². The van der Waals surface area contributed by atoms with Crippen molar-refractivity contribution in [2.45, 2.75) is 47.1 Å². The number of nitrogens with one attached hydrogen (secondary N) is 1. The molecule has 1 aliphatic carbocycles. The molecule has 0 spiro atoms. The maximum atomic E-state index is 13.0. The lowest BCUT2D eigenvalue weighted by atomic mass is 9.79. The van der Waals surface area contributed by atoms with Gasteiger partial charge in [-0.25, -0.2) is 13.4 Å². The van der Waals surface area contributed by atoms with Gasteiger partial charge < -0.3 is 9.88 Å². The topological polar surface area (TPSA) is 87.5 Å². The molecule has 1 aromatic carbocycles. The average molecular weight is 551 g/mol. The number of aryl methyl sites for hydroxylation is 1. The maximum absolute atomic E-state index is 13.0. The molecule has 2 aromatic rings. The summed E-state index contributed by atoms with van der Waals surface area (Å²) in [6.07, 6.45) is 7.39. The van der Waals surface area contributed by atoms with E-state index in [9.17, 15) is 13.2 Å². The quantitative estimate of drug-likeness (QED) is 0.440. The largest absolute Gasteiger partial charge is 0.339 e. The minimum absolute atomic E-state index is 0. The van der Waals surface area contributed by atoms with Crippen molar-refractivity contribution in [2.24, 2.45) is 7.05 Å². The van der Waals surface area contributed by atoms with Crippen molar-refractivity contribution in [2.75, 3.05) is 26.2 Å². The van der Waals surface area contributed by atoms with Crippen molar-refractivity contribution in [3.8, 4) is 0 Å². The minimum atomic E-state index is -3.67. The Morgan fingerprint density at radius 2 is 1.68 bits per heavy atom. The molecule has 0 atom stereocenters. The number of hydrogen-bond donors (Lipinski definition) is 1. The molecule has 2 fully saturated rings. The first-order valence-corrected chi connectivity index (χ1v) is 13.3. The van der Waals surface area contributed by atoms with Crippen molar-refractivity contribution in [1.29, 1.82) is 0 Å². The summed E-state index contributed by atoms with van der Waals surface area (Å²) in [5.74, 6) is -0.332. The van der Waals surface area contributed by atoms with Crippen LogP contribution in [0.25, 0.3) is 0 Å². The monoisotopic (exact) mass is 549 g/mol. The number of benzene rings is 1. The standard InChI is InChI=1S/C22H29Cl2N5O3S.ClH/c1-27-16-19(25-17-27)33(31,32)29-14-12-28(13-15-29)21(10-6-3-7-11-21)22(23,24)26-20(30)18-8-4-2-5-9-18;/h2,4-5,8-9,16-17H,3,6-7,10-15H2,1H3,(H,26,30);1H. The fraction of sp³-hybridized carbons (Fsp3) is 0.545. The molecule has 2 aliphatic rings. The number of imidazole rings is 1. The first-order valence-electron chi connectivity index (χ1n) is 11.1. The molecule has 1 aromatic heterocycles. The van der Waals surface area contributed by atoms with Gasteiger partial charge in [0.2, 0.25) is 4.46 Å². The van der Waals surface area contributed by atoms with E-state index in [2.05, 4.69) is 15.2 Å². The first kappa shape index (κ1) is 27.2. The number of nitrogens with zero attached hydrogens (tertiary/aromatic N) is 4. The summed E-state index contributed by atoms with van der Waals surface area (Å²) in [4.78, 5) is 19.1. The molecule has 1 N–H and O–H groups in total. The Balaban J connectivity index is 0.00000324. The minimum Gasteiger partial charge on any atom is -0.339 e. The Kier molecular flexibility index (Phi) is 8.59. The third-order valence-corrected chi connectivity index (χ3v) is 9.38. The fourth-order valence-corrected chi connectivity index (χ4v) is 7.07. The highest BCUT2D eigenvalue weighted by atomic mass is 35.5. The van der Waals surface area contributed by atoms with E-state index in [-0.39, 0.29) is 23.3 Å². The third-order valence-electron chi connectivity index (χ3n) is 6.70. The lowest BCUT2D eigenvalue weighted by Crippen LogP contribution is -2.69. The van der Waals surface area contributed by atoms with Crippen LogP contribution in [0, 0.1) is 0 Å². The van der Waals surface area contributed by atoms with Crippen molar-refractivity contribution in [3.05, 3.63) is 48.4 Å². The van der Waals surface area contributed by atoms with Crippen LogP contribution in [0.1, 0.15) is 42.5 Å². The zero-order valence-corrected chi connectivity index (χ0v) is 22.1. The lowest BCUT2D eigenvalue weighted by molar-refractivity contribution is 0.00446. The number of sulfonamides is 1. The molecule has 0 radical (unpaired) electrons. The summed E-state index contributed by atoms with van der Waals surface area (Å²) in [6, 6.07) is 8.85. The van der Waals surface area contributed by atoms with Crippen molar-refractivity contribution in [1.82, 2.24) is 24.1 Å². The molecule has 12 heteroatoms. The summed E-state index contributed by atoms with van der Waals surface area (Å²) in [7, 11) is -1.93. The first-order chi connectivity index (χ1) is 15.7. The predicted molar refractivity (Wildman–Crippen MR) is 135 cm³/mol. The van der Waals surface area contributed by atoms with Crippen LogP contribution >= 0.6 is 35.6 Å². The average Bonchev–Trinajstić information content (AvgIpc) is 3.27. The second-order valence-corrected chi connectivity index (χ2v) is 12.0. The highest BCUT2D eigenvalue weighted by molar-refractivity contribution is 7.89. The smallest absolute Gasteiger partial charge is 0.262 e. The molecule has 34 heavy (non-hydrogen) atoms. The van der Waals surface area contributed by atoms with Crippen LogP contribution < -0.4 is 5.32 Å². The van der Waals surface area contributed by atoms with Gasteiger partial charge in [-0.2, -0.15) is 4.31 Å². The Labute approximate surface area is 217 Å². The van der Waals surface area contributed by atoms with Gasteiger partial charge in [0.25, 0.3) is 15.9 Å². The van der Waals surface area contributed by atoms with Crippen LogP contribution in [0.15, 0.2) is 47.9 Å². The van der Waals surface area contributed by atoms with E-state index < -0.39 is 20.0 Å². The maximum Gasteiger partial charge on any atom is 0.262 e. The molecular weight excluding hydrogens is 521 g/mol. The molecule has 188 valence electrons. The zero-order chi connectivity index (χ0) is 23.7. The van der Waals surface area contributed by atoms with Gasteiger partial charge in [0.05, 0.1) is 11.9 Å². The van der Waals surface area contributed by atoms with Crippen LogP contribution in [0.3, 0.4) is 0 Å². The van der Waals surface area contributed by atoms with Gasteiger partial charge in [0, 0.05) is 45.0 Å². The van der Waals surface area contributed by atoms with Crippen LogP contribution in [-0.4, -0.2) is 69.3 Å². The van der Waals surface area contributed by atoms with Crippen LogP contribution in [0.4, 0.5) is 0 Å². The van der Waals surface area contributed by atoms with E-state index >= 15 is 0 Å². The molecule has 0 unspecified atom stereocenters. The SMILES string of the molecule is Cl.Cn1cnc(S(=O)(=O)N2CCN(C3(C(Cl)(Cl)NC(=O)c4ccccc4)CCCCC3)CC2)c1. The molecule has 0 bridgehead atoms. The van der Waals surface area contributed by atoms with Crippen molar-refractivity contribution >= 4 is 51.5 Å². The Morgan fingerprint density at radius 3 is 2.24 bits per heavy atom. The number of carbonyl (C=O) groups is 1. The van der Waals surface area contributed by atoms with E-state index in [0.29, 0.717) is 31.7 Å². The van der Waals surface area contributed by atoms with Gasteiger partial charge in [0.15, 0.2) is 5.03 Å². The molecular formula is C22H30Cl3N5O3S. The van der Waals surface area contributed by atoms with Crippen molar-refractivity contribution < 1.29 is 13.2 Å². The summed E-state index contributed by atoms with van der Waals surface area (Å²) in [5, 5.41) is 2.90. The number of hydrogen-bond acceptors (Lipinski definition) is 5. The van der Waals surface area contributed by atoms with Gasteiger partial charge in [-0.15, -0.1) is 12.4 Å². The highest BCUT2D eigenvalue weighted by Crippen LogP contribution is 2.47. The highest BCUT2D eigenvalue weighted by Gasteiger charge is 2.55. The molecule has 4 rings (SSSR count). The summed E-state index contributed by atoms with van der Waals surface area (Å²) in [5.41, 5.74) is -0.194.